The number of ether oxygens (including phenoxy) is 2. The molecule has 10 heteroatoms. The summed E-state index contributed by atoms with van der Waals surface area (Å²) in [5.41, 5.74) is 1.20. The summed E-state index contributed by atoms with van der Waals surface area (Å²) in [6.07, 6.45) is 4.53. The highest BCUT2D eigenvalue weighted by atomic mass is 32.2. The van der Waals surface area contributed by atoms with Crippen LogP contribution in [0, 0.1) is 0 Å². The average molecular weight is 486 g/mol. The van der Waals surface area contributed by atoms with E-state index in [0.717, 1.165) is 29.5 Å². The lowest BCUT2D eigenvalue weighted by Crippen LogP contribution is -2.35. The van der Waals surface area contributed by atoms with E-state index in [4.69, 9.17) is 9.47 Å². The number of fused-ring (bicyclic) bond motifs is 2. The Morgan fingerprint density at radius 2 is 1.79 bits per heavy atom. The maximum absolute atomic E-state index is 12.9. The number of aromatic nitrogens is 1. The summed E-state index contributed by atoms with van der Waals surface area (Å²) in [6.45, 7) is 5.53. The molecule has 172 valence electrons. The van der Waals surface area contributed by atoms with Gasteiger partial charge in [-0.15, -0.1) is 6.58 Å². The van der Waals surface area contributed by atoms with Crippen molar-refractivity contribution >= 4 is 37.5 Å². The Hall–Kier alpha value is -2.95. The van der Waals surface area contributed by atoms with Gasteiger partial charge in [-0.05, 0) is 37.1 Å². The molecule has 0 spiro atoms. The highest BCUT2D eigenvalue weighted by molar-refractivity contribution is 7.89. The number of piperidine rings is 1. The van der Waals surface area contributed by atoms with Gasteiger partial charge < -0.3 is 14.0 Å². The van der Waals surface area contributed by atoms with Crippen molar-refractivity contribution in [1.82, 2.24) is 8.87 Å². The fourth-order valence-corrected chi connectivity index (χ4v) is 6.59. The molecule has 1 aromatic heterocycles. The van der Waals surface area contributed by atoms with Crippen molar-refractivity contribution in [3.63, 3.8) is 0 Å². The van der Waals surface area contributed by atoms with Crippen LogP contribution >= 0.6 is 11.3 Å². The zero-order chi connectivity index (χ0) is 23.0. The molecule has 0 aliphatic carbocycles. The SMILES string of the molecule is C=CCn1c(=NC(=O)c2ccc(S(=O)(=O)N3CCCCC3)cc2)sc2cc3c(cc21)OCO3. The highest BCUT2D eigenvalue weighted by Crippen LogP contribution is 2.37. The molecule has 2 aromatic carbocycles. The normalized spacial score (nSPS) is 16.9. The van der Waals surface area contributed by atoms with Crippen LogP contribution in [0.2, 0.25) is 0 Å². The van der Waals surface area contributed by atoms with Crippen molar-refractivity contribution < 1.29 is 22.7 Å². The Kier molecular flexibility index (Phi) is 5.81. The van der Waals surface area contributed by atoms with Gasteiger partial charge in [0.25, 0.3) is 5.91 Å². The maximum atomic E-state index is 12.9. The monoisotopic (exact) mass is 485 g/mol. The van der Waals surface area contributed by atoms with Crippen molar-refractivity contribution in [2.45, 2.75) is 30.7 Å². The Balaban J connectivity index is 1.47. The van der Waals surface area contributed by atoms with E-state index in [2.05, 4.69) is 11.6 Å². The predicted octanol–water partition coefficient (Wildman–Crippen LogP) is 3.53. The van der Waals surface area contributed by atoms with Gasteiger partial charge in [0, 0.05) is 37.3 Å². The lowest BCUT2D eigenvalue weighted by atomic mass is 10.2. The Morgan fingerprint density at radius 1 is 1.09 bits per heavy atom. The van der Waals surface area contributed by atoms with Crippen LogP contribution in [0.3, 0.4) is 0 Å². The first-order chi connectivity index (χ1) is 16.0. The van der Waals surface area contributed by atoms with Crippen LogP contribution in [0.25, 0.3) is 10.2 Å². The second kappa shape index (κ2) is 8.77. The van der Waals surface area contributed by atoms with Gasteiger partial charge in [0.15, 0.2) is 16.3 Å². The van der Waals surface area contributed by atoms with E-state index in [-0.39, 0.29) is 11.7 Å². The molecular weight excluding hydrogens is 462 g/mol. The number of carbonyl (C=O) groups is 1. The summed E-state index contributed by atoms with van der Waals surface area (Å²) in [4.78, 5) is 17.9. The van der Waals surface area contributed by atoms with Crippen molar-refractivity contribution in [2.24, 2.45) is 4.99 Å². The van der Waals surface area contributed by atoms with Gasteiger partial charge in [0.2, 0.25) is 16.8 Å². The largest absolute Gasteiger partial charge is 0.454 e. The van der Waals surface area contributed by atoms with E-state index < -0.39 is 15.9 Å². The first-order valence-corrected chi connectivity index (χ1v) is 13.0. The molecule has 2 aliphatic heterocycles. The molecule has 0 bridgehead atoms. The molecule has 0 saturated carbocycles. The smallest absolute Gasteiger partial charge is 0.279 e. The number of allylic oxidation sites excluding steroid dienone is 1. The average Bonchev–Trinajstić information content (AvgIpc) is 3.42. The first-order valence-electron chi connectivity index (χ1n) is 10.7. The third-order valence-corrected chi connectivity index (χ3v) is 8.69. The number of benzene rings is 2. The summed E-state index contributed by atoms with van der Waals surface area (Å²) >= 11 is 1.37. The van der Waals surface area contributed by atoms with Gasteiger partial charge in [-0.3, -0.25) is 4.79 Å². The maximum Gasteiger partial charge on any atom is 0.279 e. The molecule has 1 amide bonds. The van der Waals surface area contributed by atoms with Crippen LogP contribution in [-0.4, -0.2) is 43.1 Å². The summed E-state index contributed by atoms with van der Waals surface area (Å²) < 4.78 is 40.9. The number of sulfonamides is 1. The molecule has 0 atom stereocenters. The third-order valence-electron chi connectivity index (χ3n) is 5.74. The molecule has 8 nitrogen and oxygen atoms in total. The topological polar surface area (TPSA) is 90.2 Å². The summed E-state index contributed by atoms with van der Waals surface area (Å²) in [5, 5.41) is 0. The molecule has 3 aromatic rings. The van der Waals surface area contributed by atoms with Gasteiger partial charge >= 0.3 is 0 Å². The molecule has 2 aliphatic rings. The Morgan fingerprint density at radius 3 is 2.48 bits per heavy atom. The van der Waals surface area contributed by atoms with Crippen molar-refractivity contribution in [1.29, 1.82) is 0 Å². The number of carbonyl (C=O) groups excluding carboxylic acids is 1. The first kappa shape index (κ1) is 21.9. The van der Waals surface area contributed by atoms with Crippen molar-refractivity contribution in [2.75, 3.05) is 19.9 Å². The van der Waals surface area contributed by atoms with Gasteiger partial charge in [-0.1, -0.05) is 23.8 Å². The summed E-state index contributed by atoms with van der Waals surface area (Å²) in [5.74, 6) is 0.876. The molecular formula is C23H23N3O5S2. The van der Waals surface area contributed by atoms with Crippen LogP contribution in [-0.2, 0) is 16.6 Å². The van der Waals surface area contributed by atoms with Gasteiger partial charge in [0.1, 0.15) is 0 Å². The minimum atomic E-state index is -3.55. The van der Waals surface area contributed by atoms with Gasteiger partial charge in [0.05, 0.1) is 15.1 Å². The molecule has 5 rings (SSSR count). The van der Waals surface area contributed by atoms with E-state index in [0.29, 0.717) is 41.5 Å². The van der Waals surface area contributed by atoms with Crippen LogP contribution in [0.5, 0.6) is 11.5 Å². The molecule has 1 fully saturated rings. The molecule has 3 heterocycles. The lowest BCUT2D eigenvalue weighted by Gasteiger charge is -2.25. The second-order valence-electron chi connectivity index (χ2n) is 7.86. The minimum Gasteiger partial charge on any atom is -0.454 e. The number of hydrogen-bond donors (Lipinski definition) is 0. The Labute approximate surface area is 195 Å². The van der Waals surface area contributed by atoms with E-state index >= 15 is 0 Å². The van der Waals surface area contributed by atoms with E-state index in [1.165, 1.54) is 39.9 Å². The third kappa shape index (κ3) is 4.09. The molecule has 0 radical (unpaired) electrons. The van der Waals surface area contributed by atoms with Crippen LogP contribution in [0.4, 0.5) is 0 Å². The van der Waals surface area contributed by atoms with Crippen molar-refractivity contribution in [3.8, 4) is 11.5 Å². The van der Waals surface area contributed by atoms with E-state index in [1.807, 2.05) is 16.7 Å². The minimum absolute atomic E-state index is 0.188. The van der Waals surface area contributed by atoms with Crippen molar-refractivity contribution in [3.05, 3.63) is 59.4 Å². The fraction of sp³-hybridized carbons (Fsp3) is 0.304. The zero-order valence-corrected chi connectivity index (χ0v) is 19.5. The molecule has 33 heavy (non-hydrogen) atoms. The zero-order valence-electron chi connectivity index (χ0n) is 17.9. The highest BCUT2D eigenvalue weighted by Gasteiger charge is 2.26. The number of nitrogens with zero attached hydrogens (tertiary/aromatic N) is 3. The Bertz CT molecular complexity index is 1400. The lowest BCUT2D eigenvalue weighted by molar-refractivity contribution is 0.0997. The number of thiazole rings is 1. The van der Waals surface area contributed by atoms with E-state index in [1.54, 1.807) is 6.08 Å². The van der Waals surface area contributed by atoms with Gasteiger partial charge in [-0.2, -0.15) is 9.30 Å². The van der Waals surface area contributed by atoms with Gasteiger partial charge in [-0.25, -0.2) is 8.42 Å². The molecule has 1 saturated heterocycles. The fourth-order valence-electron chi connectivity index (χ4n) is 4.03. The number of rotatable bonds is 5. The summed E-state index contributed by atoms with van der Waals surface area (Å²) in [6, 6.07) is 9.75. The number of amides is 1. The van der Waals surface area contributed by atoms with Crippen LogP contribution in [0.15, 0.2) is 58.9 Å². The predicted molar refractivity (Wildman–Crippen MR) is 125 cm³/mol. The quantitative estimate of drug-likeness (QED) is 0.516. The molecule has 0 unspecified atom stereocenters. The van der Waals surface area contributed by atoms with Crippen LogP contribution < -0.4 is 14.3 Å². The van der Waals surface area contributed by atoms with E-state index in [9.17, 15) is 13.2 Å². The second-order valence-corrected chi connectivity index (χ2v) is 10.8. The standard InChI is InChI=1S/C23H23N3O5S2/c1-2-10-26-18-13-19-20(31-15-30-19)14-21(18)32-23(26)24-22(27)16-6-8-17(9-7-16)33(28,29)25-11-4-3-5-12-25/h2,6-9,13-14H,1,3-5,10-12,15H2. The van der Waals surface area contributed by atoms with Crippen LogP contribution in [0.1, 0.15) is 29.6 Å². The molecule has 0 N–H and O–H groups in total. The summed E-state index contributed by atoms with van der Waals surface area (Å²) in [7, 11) is -3.55. The number of hydrogen-bond acceptors (Lipinski definition) is 6.